The quantitative estimate of drug-likeness (QED) is 0.783. The number of benzene rings is 1. The van der Waals surface area contributed by atoms with Gasteiger partial charge in [0.2, 0.25) is 0 Å². The molecular formula is C11H10NO2. The highest BCUT2D eigenvalue weighted by Crippen LogP contribution is 2.26. The number of aliphatic hydroxyl groups is 1. The van der Waals surface area contributed by atoms with Crippen LogP contribution in [-0.4, -0.2) is 10.3 Å². The Bertz CT molecular complexity index is 420. The van der Waals surface area contributed by atoms with E-state index in [2.05, 4.69) is 11.2 Å². The number of aliphatic hydroxyl groups excluding tert-OH is 1. The Morgan fingerprint density at radius 2 is 2.36 bits per heavy atom. The van der Waals surface area contributed by atoms with Gasteiger partial charge in [-0.15, -0.1) is 0 Å². The summed E-state index contributed by atoms with van der Waals surface area (Å²) in [5.74, 6) is 0.491. The highest BCUT2D eigenvalue weighted by Gasteiger charge is 2.13. The van der Waals surface area contributed by atoms with Crippen molar-refractivity contribution in [2.75, 3.05) is 0 Å². The van der Waals surface area contributed by atoms with Crippen LogP contribution in [0.3, 0.4) is 0 Å². The van der Waals surface area contributed by atoms with Gasteiger partial charge in [0.25, 0.3) is 0 Å². The van der Waals surface area contributed by atoms with Gasteiger partial charge in [-0.25, -0.2) is 0 Å². The van der Waals surface area contributed by atoms with Crippen molar-refractivity contribution in [2.24, 2.45) is 0 Å². The fourth-order valence-electron chi connectivity index (χ4n) is 1.42. The predicted molar refractivity (Wildman–Crippen MR) is 51.4 cm³/mol. The SMILES string of the molecule is Cc1noc(CO)c1-c1[c]cccc1. The summed E-state index contributed by atoms with van der Waals surface area (Å²) in [5.41, 5.74) is 2.51. The molecule has 1 N–H and O–H groups in total. The van der Waals surface area contributed by atoms with Gasteiger partial charge in [-0.3, -0.25) is 0 Å². The van der Waals surface area contributed by atoms with Gasteiger partial charge in [0.1, 0.15) is 6.61 Å². The first-order chi connectivity index (χ1) is 6.83. The van der Waals surface area contributed by atoms with E-state index >= 15 is 0 Å². The van der Waals surface area contributed by atoms with Crippen LogP contribution >= 0.6 is 0 Å². The van der Waals surface area contributed by atoms with Gasteiger partial charge in [0.15, 0.2) is 5.76 Å². The van der Waals surface area contributed by atoms with Gasteiger partial charge in [0, 0.05) is 0 Å². The summed E-state index contributed by atoms with van der Waals surface area (Å²) in [6.07, 6.45) is 0. The molecule has 14 heavy (non-hydrogen) atoms. The predicted octanol–water partition coefficient (Wildman–Crippen LogP) is 1.94. The maximum Gasteiger partial charge on any atom is 0.170 e. The van der Waals surface area contributed by atoms with E-state index in [0.29, 0.717) is 5.76 Å². The Labute approximate surface area is 82.0 Å². The molecule has 3 heteroatoms. The van der Waals surface area contributed by atoms with E-state index in [1.165, 1.54) is 0 Å². The first-order valence-corrected chi connectivity index (χ1v) is 4.36. The Kier molecular flexibility index (Phi) is 2.33. The minimum atomic E-state index is -0.140. The van der Waals surface area contributed by atoms with Crippen LogP contribution in [0.2, 0.25) is 0 Å². The summed E-state index contributed by atoms with van der Waals surface area (Å²) in [6.45, 7) is 1.71. The molecule has 0 aliphatic carbocycles. The van der Waals surface area contributed by atoms with Gasteiger partial charge < -0.3 is 9.63 Å². The molecule has 0 bridgehead atoms. The van der Waals surface area contributed by atoms with E-state index in [4.69, 9.17) is 9.63 Å². The van der Waals surface area contributed by atoms with E-state index in [-0.39, 0.29) is 6.61 Å². The van der Waals surface area contributed by atoms with Gasteiger partial charge in [0.05, 0.1) is 11.3 Å². The number of aromatic nitrogens is 1. The van der Waals surface area contributed by atoms with Crippen molar-refractivity contribution in [1.82, 2.24) is 5.16 Å². The molecule has 2 rings (SSSR count). The van der Waals surface area contributed by atoms with Crippen molar-refractivity contribution in [3.8, 4) is 11.1 Å². The van der Waals surface area contributed by atoms with Gasteiger partial charge in [-0.05, 0) is 18.6 Å². The molecule has 1 radical (unpaired) electrons. The average molecular weight is 188 g/mol. The van der Waals surface area contributed by atoms with Crippen LogP contribution in [0, 0.1) is 13.0 Å². The van der Waals surface area contributed by atoms with Crippen molar-refractivity contribution in [1.29, 1.82) is 0 Å². The summed E-state index contributed by atoms with van der Waals surface area (Å²) in [5, 5.41) is 12.9. The third kappa shape index (κ3) is 1.42. The smallest absolute Gasteiger partial charge is 0.170 e. The van der Waals surface area contributed by atoms with Crippen molar-refractivity contribution in [3.05, 3.63) is 41.8 Å². The Hall–Kier alpha value is -1.61. The summed E-state index contributed by atoms with van der Waals surface area (Å²) < 4.78 is 4.98. The van der Waals surface area contributed by atoms with E-state index in [0.717, 1.165) is 16.8 Å². The molecule has 1 aromatic carbocycles. The monoisotopic (exact) mass is 188 g/mol. The molecular weight excluding hydrogens is 178 g/mol. The van der Waals surface area contributed by atoms with Crippen LogP contribution in [0.4, 0.5) is 0 Å². The summed E-state index contributed by atoms with van der Waals surface area (Å²) in [7, 11) is 0. The van der Waals surface area contributed by atoms with E-state index in [1.807, 2.05) is 31.2 Å². The largest absolute Gasteiger partial charge is 0.388 e. The molecule has 2 aromatic rings. The van der Waals surface area contributed by atoms with Crippen LogP contribution in [0.25, 0.3) is 11.1 Å². The fourth-order valence-corrected chi connectivity index (χ4v) is 1.42. The molecule has 71 valence electrons. The third-order valence-corrected chi connectivity index (χ3v) is 2.06. The molecule has 0 aliphatic heterocycles. The van der Waals surface area contributed by atoms with Crippen LogP contribution in [-0.2, 0) is 6.61 Å². The second kappa shape index (κ2) is 3.64. The van der Waals surface area contributed by atoms with E-state index in [1.54, 1.807) is 0 Å². The van der Waals surface area contributed by atoms with Crippen molar-refractivity contribution < 1.29 is 9.63 Å². The molecule has 3 nitrogen and oxygen atoms in total. The van der Waals surface area contributed by atoms with E-state index < -0.39 is 0 Å². The topological polar surface area (TPSA) is 46.3 Å². The van der Waals surface area contributed by atoms with Crippen LogP contribution in [0.15, 0.2) is 28.8 Å². The number of hydrogen-bond acceptors (Lipinski definition) is 3. The Morgan fingerprint density at radius 1 is 1.50 bits per heavy atom. The Balaban J connectivity index is 2.55. The molecule has 0 unspecified atom stereocenters. The fraction of sp³-hybridized carbons (Fsp3) is 0.182. The summed E-state index contributed by atoms with van der Waals surface area (Å²) in [6, 6.07) is 10.6. The zero-order valence-corrected chi connectivity index (χ0v) is 7.82. The molecule has 1 heterocycles. The molecule has 0 atom stereocenters. The number of nitrogens with zero attached hydrogens (tertiary/aromatic N) is 1. The van der Waals surface area contributed by atoms with Crippen LogP contribution < -0.4 is 0 Å². The second-order valence-corrected chi connectivity index (χ2v) is 3.00. The van der Waals surface area contributed by atoms with Gasteiger partial charge in [-0.2, -0.15) is 0 Å². The Morgan fingerprint density at radius 3 is 3.00 bits per heavy atom. The first-order valence-electron chi connectivity index (χ1n) is 4.36. The van der Waals surface area contributed by atoms with Crippen molar-refractivity contribution >= 4 is 0 Å². The molecule has 0 aliphatic rings. The van der Waals surface area contributed by atoms with Crippen molar-refractivity contribution in [3.63, 3.8) is 0 Å². The lowest BCUT2D eigenvalue weighted by Crippen LogP contribution is -1.85. The first kappa shape index (κ1) is 8.97. The summed E-state index contributed by atoms with van der Waals surface area (Å²) in [4.78, 5) is 0. The zero-order valence-electron chi connectivity index (χ0n) is 7.82. The third-order valence-electron chi connectivity index (χ3n) is 2.06. The zero-order chi connectivity index (χ0) is 9.97. The molecule has 0 saturated heterocycles. The normalized spacial score (nSPS) is 10.4. The van der Waals surface area contributed by atoms with Crippen LogP contribution in [0.1, 0.15) is 11.5 Å². The highest BCUT2D eigenvalue weighted by molar-refractivity contribution is 5.66. The van der Waals surface area contributed by atoms with Crippen molar-refractivity contribution in [2.45, 2.75) is 13.5 Å². The van der Waals surface area contributed by atoms with Gasteiger partial charge in [-0.1, -0.05) is 29.4 Å². The molecule has 0 saturated carbocycles. The lowest BCUT2D eigenvalue weighted by atomic mass is 10.0. The number of hydrogen-bond donors (Lipinski definition) is 1. The molecule has 0 fully saturated rings. The van der Waals surface area contributed by atoms with Gasteiger partial charge >= 0.3 is 0 Å². The molecule has 0 spiro atoms. The minimum Gasteiger partial charge on any atom is -0.388 e. The van der Waals surface area contributed by atoms with Crippen LogP contribution in [0.5, 0.6) is 0 Å². The standard InChI is InChI=1S/C11H10NO2/c1-8-11(10(7-13)14-12-8)9-5-3-2-4-6-9/h2-5,13H,7H2,1H3. The minimum absolute atomic E-state index is 0.140. The maximum absolute atomic E-state index is 9.05. The summed E-state index contributed by atoms with van der Waals surface area (Å²) >= 11 is 0. The lowest BCUT2D eigenvalue weighted by molar-refractivity contribution is 0.229. The highest BCUT2D eigenvalue weighted by atomic mass is 16.5. The van der Waals surface area contributed by atoms with E-state index in [9.17, 15) is 0 Å². The number of aryl methyl sites for hydroxylation is 1. The average Bonchev–Trinajstić information content (AvgIpc) is 2.61. The maximum atomic E-state index is 9.05. The molecule has 1 aromatic heterocycles. The number of rotatable bonds is 2. The second-order valence-electron chi connectivity index (χ2n) is 3.00. The lowest BCUT2D eigenvalue weighted by Gasteiger charge is -1.98. The molecule has 0 amide bonds.